The number of aryl methyl sites for hydroxylation is 2. The average molecular weight is 274 g/mol. The molecule has 1 heterocycles. The molecule has 0 spiro atoms. The maximum Gasteiger partial charge on any atom is 0.187 e. The number of anilines is 2. The van der Waals surface area contributed by atoms with E-state index in [9.17, 15) is 0 Å². The average Bonchev–Trinajstić information content (AvgIpc) is 2.77. The molecule has 0 bridgehead atoms. The lowest BCUT2D eigenvalue weighted by Crippen LogP contribution is -1.97. The van der Waals surface area contributed by atoms with Crippen molar-refractivity contribution in [3.8, 4) is 0 Å². The molecule has 0 unspecified atom stereocenters. The Balaban J connectivity index is 2.03. The third-order valence-corrected chi connectivity index (χ3v) is 3.98. The van der Waals surface area contributed by atoms with Crippen molar-refractivity contribution >= 4 is 22.2 Å². The van der Waals surface area contributed by atoms with Gasteiger partial charge >= 0.3 is 0 Å². The van der Waals surface area contributed by atoms with E-state index in [1.807, 2.05) is 6.92 Å². The molecule has 0 radical (unpaired) electrons. The fourth-order valence-corrected chi connectivity index (χ4v) is 2.79. The Morgan fingerprint density at radius 3 is 2.74 bits per heavy atom. The summed E-state index contributed by atoms with van der Waals surface area (Å²) in [5.41, 5.74) is 3.65. The van der Waals surface area contributed by atoms with Gasteiger partial charge in [0.25, 0.3) is 0 Å². The summed E-state index contributed by atoms with van der Waals surface area (Å²) >= 11 is 1.66. The van der Waals surface area contributed by atoms with Crippen LogP contribution >= 0.6 is 11.3 Å². The van der Waals surface area contributed by atoms with Crippen LogP contribution < -0.4 is 5.32 Å². The minimum absolute atomic E-state index is 0.779. The summed E-state index contributed by atoms with van der Waals surface area (Å²) < 4.78 is 0. The summed E-state index contributed by atoms with van der Waals surface area (Å²) in [5, 5.41) is 6.49. The van der Waals surface area contributed by atoms with E-state index in [2.05, 4.69) is 53.8 Å². The predicted octanol–water partition coefficient (Wildman–Crippen LogP) is 5.17. The van der Waals surface area contributed by atoms with Gasteiger partial charge in [0.15, 0.2) is 5.13 Å². The predicted molar refractivity (Wildman–Crippen MR) is 84.4 cm³/mol. The summed E-state index contributed by atoms with van der Waals surface area (Å²) in [4.78, 5) is 4.46. The van der Waals surface area contributed by atoms with E-state index in [4.69, 9.17) is 0 Å². The summed E-state index contributed by atoms with van der Waals surface area (Å²) in [6.45, 7) is 6.58. The van der Waals surface area contributed by atoms with E-state index >= 15 is 0 Å². The van der Waals surface area contributed by atoms with Crippen molar-refractivity contribution in [1.29, 1.82) is 0 Å². The third-order valence-electron chi connectivity index (χ3n) is 3.11. The SMILES string of the molecule is Cc1csc(Nc2ccccc2CCCC(C)C)n1. The highest BCUT2D eigenvalue weighted by molar-refractivity contribution is 7.13. The maximum absolute atomic E-state index is 4.46. The quantitative estimate of drug-likeness (QED) is 0.785. The maximum atomic E-state index is 4.46. The molecule has 2 nitrogen and oxygen atoms in total. The fraction of sp³-hybridized carbons (Fsp3) is 0.438. The second-order valence-corrected chi connectivity index (χ2v) is 6.22. The van der Waals surface area contributed by atoms with Crippen LogP contribution in [-0.2, 0) is 6.42 Å². The molecule has 0 amide bonds. The molecule has 1 aromatic carbocycles. The van der Waals surface area contributed by atoms with E-state index in [1.165, 1.54) is 24.1 Å². The van der Waals surface area contributed by atoms with Gasteiger partial charge in [-0.05, 0) is 37.3 Å². The number of hydrogen-bond acceptors (Lipinski definition) is 3. The van der Waals surface area contributed by atoms with Crippen molar-refractivity contribution in [2.45, 2.75) is 40.0 Å². The van der Waals surface area contributed by atoms with E-state index in [-0.39, 0.29) is 0 Å². The van der Waals surface area contributed by atoms with E-state index in [0.29, 0.717) is 0 Å². The van der Waals surface area contributed by atoms with Crippen molar-refractivity contribution in [3.63, 3.8) is 0 Å². The van der Waals surface area contributed by atoms with Crippen molar-refractivity contribution < 1.29 is 0 Å². The largest absolute Gasteiger partial charge is 0.331 e. The standard InChI is InChI=1S/C16H22N2S/c1-12(2)7-6-9-14-8-4-5-10-15(14)18-16-17-13(3)11-19-16/h4-5,8,10-12H,6-7,9H2,1-3H3,(H,17,18). The first kappa shape index (κ1) is 14.1. The Kier molecular flexibility index (Phi) is 4.97. The lowest BCUT2D eigenvalue weighted by molar-refractivity contribution is 0.556. The lowest BCUT2D eigenvalue weighted by atomic mass is 10.0. The summed E-state index contributed by atoms with van der Waals surface area (Å²) in [5.74, 6) is 0.779. The monoisotopic (exact) mass is 274 g/mol. The number of rotatable bonds is 6. The molecule has 1 aromatic heterocycles. The van der Waals surface area contributed by atoms with E-state index in [1.54, 1.807) is 11.3 Å². The smallest absolute Gasteiger partial charge is 0.187 e. The fourth-order valence-electron chi connectivity index (χ4n) is 2.09. The van der Waals surface area contributed by atoms with Crippen LogP contribution in [-0.4, -0.2) is 4.98 Å². The first-order valence-electron chi connectivity index (χ1n) is 6.92. The van der Waals surface area contributed by atoms with Crippen LogP contribution in [0.3, 0.4) is 0 Å². The van der Waals surface area contributed by atoms with Crippen LogP contribution in [0.25, 0.3) is 0 Å². The lowest BCUT2D eigenvalue weighted by Gasteiger charge is -2.10. The van der Waals surface area contributed by atoms with E-state index < -0.39 is 0 Å². The molecule has 0 saturated carbocycles. The highest BCUT2D eigenvalue weighted by atomic mass is 32.1. The van der Waals surface area contributed by atoms with Gasteiger partial charge in [0.1, 0.15) is 0 Å². The first-order chi connectivity index (χ1) is 9.15. The van der Waals surface area contributed by atoms with Crippen molar-refractivity contribution in [2.75, 3.05) is 5.32 Å². The highest BCUT2D eigenvalue weighted by Gasteiger charge is 2.05. The number of aromatic nitrogens is 1. The van der Waals surface area contributed by atoms with Gasteiger partial charge in [0.2, 0.25) is 0 Å². The molecule has 2 aromatic rings. The van der Waals surface area contributed by atoms with Crippen LogP contribution in [0.2, 0.25) is 0 Å². The van der Waals surface area contributed by atoms with Gasteiger partial charge in [-0.25, -0.2) is 4.98 Å². The zero-order valence-electron chi connectivity index (χ0n) is 11.9. The van der Waals surface area contributed by atoms with Crippen LogP contribution in [0.15, 0.2) is 29.6 Å². The van der Waals surface area contributed by atoms with Gasteiger partial charge in [-0.2, -0.15) is 0 Å². The van der Waals surface area contributed by atoms with Crippen LogP contribution in [0.1, 0.15) is 37.9 Å². The van der Waals surface area contributed by atoms with Crippen LogP contribution in [0, 0.1) is 12.8 Å². The van der Waals surface area contributed by atoms with Gasteiger partial charge in [-0.3, -0.25) is 0 Å². The topological polar surface area (TPSA) is 24.9 Å². The number of para-hydroxylation sites is 1. The Morgan fingerprint density at radius 1 is 1.26 bits per heavy atom. The minimum Gasteiger partial charge on any atom is -0.331 e. The molecule has 0 atom stereocenters. The zero-order valence-corrected chi connectivity index (χ0v) is 12.8. The molecule has 2 rings (SSSR count). The number of thiazole rings is 1. The minimum atomic E-state index is 0.779. The van der Waals surface area contributed by atoms with Gasteiger partial charge in [0, 0.05) is 11.1 Å². The van der Waals surface area contributed by atoms with E-state index in [0.717, 1.165) is 23.2 Å². The molecule has 0 aliphatic heterocycles. The number of hydrogen-bond donors (Lipinski definition) is 1. The van der Waals surface area contributed by atoms with Crippen molar-refractivity contribution in [1.82, 2.24) is 4.98 Å². The second kappa shape index (κ2) is 6.71. The molecule has 19 heavy (non-hydrogen) atoms. The summed E-state index contributed by atoms with van der Waals surface area (Å²) in [7, 11) is 0. The molecule has 0 saturated heterocycles. The Morgan fingerprint density at radius 2 is 2.05 bits per heavy atom. The number of nitrogens with one attached hydrogen (secondary N) is 1. The highest BCUT2D eigenvalue weighted by Crippen LogP contribution is 2.25. The molecule has 0 fully saturated rings. The van der Waals surface area contributed by atoms with Gasteiger partial charge in [-0.1, -0.05) is 38.5 Å². The molecule has 0 aliphatic carbocycles. The molecule has 0 aliphatic rings. The number of benzene rings is 1. The molecule has 1 N–H and O–H groups in total. The zero-order chi connectivity index (χ0) is 13.7. The number of nitrogens with zero attached hydrogens (tertiary/aromatic N) is 1. The molecular formula is C16H22N2S. The van der Waals surface area contributed by atoms with Crippen molar-refractivity contribution in [3.05, 3.63) is 40.9 Å². The Labute approximate surface area is 119 Å². The molecule has 3 heteroatoms. The van der Waals surface area contributed by atoms with Crippen LogP contribution in [0.5, 0.6) is 0 Å². The van der Waals surface area contributed by atoms with Gasteiger partial charge < -0.3 is 5.32 Å². The molecule has 102 valence electrons. The second-order valence-electron chi connectivity index (χ2n) is 5.36. The van der Waals surface area contributed by atoms with Gasteiger partial charge in [0.05, 0.1) is 5.69 Å². The third kappa shape index (κ3) is 4.35. The Bertz CT molecular complexity index is 517. The summed E-state index contributed by atoms with van der Waals surface area (Å²) in [6, 6.07) is 8.54. The van der Waals surface area contributed by atoms with Crippen LogP contribution in [0.4, 0.5) is 10.8 Å². The molecular weight excluding hydrogens is 252 g/mol. The normalized spacial score (nSPS) is 10.9. The Hall–Kier alpha value is -1.35. The van der Waals surface area contributed by atoms with Crippen molar-refractivity contribution in [2.24, 2.45) is 5.92 Å². The van der Waals surface area contributed by atoms with Gasteiger partial charge in [-0.15, -0.1) is 11.3 Å². The first-order valence-corrected chi connectivity index (χ1v) is 7.80. The summed E-state index contributed by atoms with van der Waals surface area (Å²) in [6.07, 6.45) is 3.66.